The van der Waals surface area contributed by atoms with Crippen molar-refractivity contribution in [3.8, 4) is 11.3 Å². The third kappa shape index (κ3) is 22.4. The highest BCUT2D eigenvalue weighted by atomic mass is 16.6. The average Bonchev–Trinajstić information content (AvgIpc) is 3.40. The summed E-state index contributed by atoms with van der Waals surface area (Å²) in [7, 11) is 2.85. The quantitative estimate of drug-likeness (QED) is 0.0166. The molecule has 0 saturated carbocycles. The Morgan fingerprint density at radius 3 is 1.79 bits per heavy atom. The van der Waals surface area contributed by atoms with Crippen LogP contribution in [-0.4, -0.2) is 130 Å². The van der Waals surface area contributed by atoms with Crippen molar-refractivity contribution in [1.82, 2.24) is 26.1 Å². The molecule has 0 aliphatic rings. The molecule has 3 amide bonds. The van der Waals surface area contributed by atoms with Gasteiger partial charge in [0.25, 0.3) is 0 Å². The highest BCUT2D eigenvalue weighted by molar-refractivity contribution is 5.89. The predicted molar refractivity (Wildman–Crippen MR) is 297 cm³/mol. The molecule has 1 aromatic heterocycles. The van der Waals surface area contributed by atoms with Gasteiger partial charge in [-0.3, -0.25) is 29.6 Å². The molecule has 0 bridgehead atoms. The Bertz CT molecular complexity index is 2450. The fourth-order valence-corrected chi connectivity index (χ4v) is 8.53. The zero-order valence-corrected chi connectivity index (χ0v) is 47.3. The van der Waals surface area contributed by atoms with Crippen LogP contribution in [0.2, 0.25) is 0 Å². The molecule has 426 valence electrons. The minimum Gasteiger partial charge on any atom is -0.469 e. The van der Waals surface area contributed by atoms with Gasteiger partial charge in [-0.15, -0.1) is 0 Å². The molecule has 0 radical (unpaired) electrons. The first-order valence-electron chi connectivity index (χ1n) is 26.7. The standard InChI is InChI=1S/C60H84N6O12/c1-41(2)53(61)56(70)63-49(36-43-21-15-12-16-22-43)57(71)78-51(40-66(65-55(69)47(59(3,4)5)38-52(68)74-10)39-44-24-26-45(27-25-44)48-23-17-18-28-62-48)46(35-42-19-13-11-14-20-42)37-50(67)54(60(6,7)8)64-58(72)77-34-33-76-32-31-75-30-29-73-9/h11-28,41,46-47,49,51,53-54H,29-40,61H2,1-10H3,(H,63,70)(H,64,72)(H,65,69)/t46-,47-,49+,51+,53+,54-/m1/s1. The zero-order valence-electron chi connectivity index (χ0n) is 47.3. The topological polar surface area (TPSA) is 236 Å². The third-order valence-corrected chi connectivity index (χ3v) is 13.1. The van der Waals surface area contributed by atoms with Gasteiger partial charge in [-0.25, -0.2) is 14.6 Å². The van der Waals surface area contributed by atoms with Crippen LogP contribution in [0.4, 0.5) is 4.79 Å². The van der Waals surface area contributed by atoms with Gasteiger partial charge in [-0.05, 0) is 52.0 Å². The van der Waals surface area contributed by atoms with Crippen molar-refractivity contribution in [2.75, 3.05) is 60.4 Å². The highest BCUT2D eigenvalue weighted by Crippen LogP contribution is 2.31. The first-order chi connectivity index (χ1) is 37.1. The summed E-state index contributed by atoms with van der Waals surface area (Å²) in [4.78, 5) is 89.4. The number of hydrazine groups is 1. The predicted octanol–water partition coefficient (Wildman–Crippen LogP) is 7.07. The first kappa shape index (κ1) is 64.0. The maximum atomic E-state index is 15.1. The van der Waals surface area contributed by atoms with E-state index in [2.05, 4.69) is 21.0 Å². The van der Waals surface area contributed by atoms with Crippen LogP contribution in [-0.2, 0) is 71.8 Å². The van der Waals surface area contributed by atoms with Crippen LogP contribution in [0.5, 0.6) is 0 Å². The van der Waals surface area contributed by atoms with E-state index in [1.165, 1.54) is 7.11 Å². The number of carbonyl (C=O) groups is 6. The van der Waals surface area contributed by atoms with Gasteiger partial charge >= 0.3 is 18.0 Å². The smallest absolute Gasteiger partial charge is 0.407 e. The molecule has 0 fully saturated rings. The molecule has 6 atom stereocenters. The number of ketones is 1. The van der Waals surface area contributed by atoms with Crippen molar-refractivity contribution in [3.63, 3.8) is 0 Å². The number of ether oxygens (including phenoxy) is 6. The van der Waals surface area contributed by atoms with Gasteiger partial charge in [0, 0.05) is 44.2 Å². The number of methoxy groups -OCH3 is 2. The lowest BCUT2D eigenvalue weighted by molar-refractivity contribution is -0.159. The van der Waals surface area contributed by atoms with Crippen molar-refractivity contribution >= 4 is 35.6 Å². The SMILES string of the molecule is COCCOCCOCCOC(=O)N[C@H](C(=O)C[C@@H](Cc1ccccc1)[C@H](CN(Cc1ccc(-c2ccccn2)cc1)NC(=O)[C@@H](CC(=O)OC)C(C)(C)C)OC(=O)[C@H](Cc1ccccc1)NC(=O)[C@@H](N)C(C)C)C(C)(C)C. The summed E-state index contributed by atoms with van der Waals surface area (Å²) in [6, 6.07) is 28.5. The Morgan fingerprint density at radius 2 is 1.24 bits per heavy atom. The first-order valence-corrected chi connectivity index (χ1v) is 26.7. The molecule has 1 heterocycles. The lowest BCUT2D eigenvalue weighted by atomic mass is 9.78. The molecule has 5 N–H and O–H groups in total. The number of Topliss-reactive ketones (excluding diaryl/α,β-unsaturated/α-hetero) is 1. The largest absolute Gasteiger partial charge is 0.469 e. The third-order valence-electron chi connectivity index (χ3n) is 13.1. The number of benzene rings is 3. The Kier molecular flexibility index (Phi) is 26.5. The maximum Gasteiger partial charge on any atom is 0.407 e. The highest BCUT2D eigenvalue weighted by Gasteiger charge is 2.40. The van der Waals surface area contributed by atoms with Crippen LogP contribution in [0.25, 0.3) is 11.3 Å². The second-order valence-corrected chi connectivity index (χ2v) is 21.9. The van der Waals surface area contributed by atoms with E-state index >= 15 is 9.59 Å². The van der Waals surface area contributed by atoms with Crippen molar-refractivity contribution < 1.29 is 57.2 Å². The van der Waals surface area contributed by atoms with Crippen LogP contribution in [0.1, 0.15) is 84.9 Å². The molecule has 78 heavy (non-hydrogen) atoms. The van der Waals surface area contributed by atoms with Crippen molar-refractivity contribution in [2.24, 2.45) is 34.3 Å². The lowest BCUT2D eigenvalue weighted by Gasteiger charge is -2.37. The van der Waals surface area contributed by atoms with E-state index in [0.717, 1.165) is 27.9 Å². The fourth-order valence-electron chi connectivity index (χ4n) is 8.53. The summed E-state index contributed by atoms with van der Waals surface area (Å²) in [5.41, 5.74) is 11.8. The van der Waals surface area contributed by atoms with Crippen LogP contribution in [0.15, 0.2) is 109 Å². The number of rotatable bonds is 32. The fraction of sp³-hybridized carbons (Fsp3) is 0.517. The molecular formula is C60H84N6O12. The van der Waals surface area contributed by atoms with E-state index in [4.69, 9.17) is 34.2 Å². The minimum atomic E-state index is -1.24. The number of hydrogen-bond donors (Lipinski definition) is 4. The molecule has 3 aromatic carbocycles. The van der Waals surface area contributed by atoms with Gasteiger partial charge in [0.05, 0.1) is 76.8 Å². The average molecular weight is 1080 g/mol. The number of esters is 2. The second kappa shape index (κ2) is 32.4. The molecule has 0 unspecified atom stereocenters. The molecular weight excluding hydrogens is 997 g/mol. The van der Waals surface area contributed by atoms with Gasteiger partial charge in [0.1, 0.15) is 18.8 Å². The number of nitrogens with one attached hydrogen (secondary N) is 3. The van der Waals surface area contributed by atoms with Gasteiger partial charge in [0.2, 0.25) is 11.8 Å². The van der Waals surface area contributed by atoms with Crippen LogP contribution in [0.3, 0.4) is 0 Å². The van der Waals surface area contributed by atoms with Crippen molar-refractivity contribution in [2.45, 2.75) is 112 Å². The summed E-state index contributed by atoms with van der Waals surface area (Å²) >= 11 is 0. The van der Waals surface area contributed by atoms with Gasteiger partial charge < -0.3 is 44.8 Å². The zero-order chi connectivity index (χ0) is 57.3. The molecule has 0 spiro atoms. The number of amides is 3. The molecule has 4 aromatic rings. The van der Waals surface area contributed by atoms with Crippen LogP contribution in [0, 0.1) is 28.6 Å². The molecule has 0 aliphatic carbocycles. The number of nitrogens with two attached hydrogens (primary N) is 1. The maximum absolute atomic E-state index is 15.1. The van der Waals surface area contributed by atoms with Gasteiger partial charge in [-0.2, -0.15) is 0 Å². The Labute approximate surface area is 461 Å². The van der Waals surface area contributed by atoms with E-state index < -0.39 is 76.7 Å². The number of nitrogens with zero attached hydrogens (tertiary/aromatic N) is 2. The molecule has 0 saturated heterocycles. The van der Waals surface area contributed by atoms with Gasteiger partial charge in [-0.1, -0.05) is 146 Å². The normalized spacial score (nSPS) is 14.1. The summed E-state index contributed by atoms with van der Waals surface area (Å²) in [5, 5.41) is 7.28. The molecule has 18 nitrogen and oxygen atoms in total. The van der Waals surface area contributed by atoms with E-state index in [1.54, 1.807) is 32.2 Å². The number of aromatic nitrogens is 1. The molecule has 0 aliphatic heterocycles. The number of carbonyl (C=O) groups excluding carboxylic acids is 6. The van der Waals surface area contributed by atoms with Gasteiger partial charge in [0.15, 0.2) is 5.78 Å². The van der Waals surface area contributed by atoms with Crippen LogP contribution >= 0.6 is 0 Å². The number of hydrogen-bond acceptors (Lipinski definition) is 15. The Hall–Kier alpha value is -6.57. The lowest BCUT2D eigenvalue weighted by Crippen LogP contribution is -2.55. The minimum absolute atomic E-state index is 0.0421. The van der Waals surface area contributed by atoms with Crippen molar-refractivity contribution in [1.29, 1.82) is 0 Å². The van der Waals surface area contributed by atoms with E-state index in [9.17, 15) is 19.2 Å². The second-order valence-electron chi connectivity index (χ2n) is 21.9. The monoisotopic (exact) mass is 1080 g/mol. The van der Waals surface area contributed by atoms with Crippen molar-refractivity contribution in [3.05, 3.63) is 126 Å². The van der Waals surface area contributed by atoms with E-state index in [1.807, 2.05) is 145 Å². The Morgan fingerprint density at radius 1 is 0.654 bits per heavy atom. The van der Waals surface area contributed by atoms with E-state index in [-0.39, 0.29) is 70.3 Å². The summed E-state index contributed by atoms with van der Waals surface area (Å²) in [5.74, 6) is -4.76. The van der Waals surface area contributed by atoms with E-state index in [0.29, 0.717) is 19.8 Å². The summed E-state index contributed by atoms with van der Waals surface area (Å²) in [6.45, 7) is 16.0. The summed E-state index contributed by atoms with van der Waals surface area (Å²) in [6.07, 6.45) is -0.528. The Balaban J connectivity index is 1.83. The number of pyridine rings is 1. The molecule has 18 heteroatoms. The molecule has 4 rings (SSSR count). The van der Waals surface area contributed by atoms with Crippen LogP contribution < -0.4 is 21.8 Å². The summed E-state index contributed by atoms with van der Waals surface area (Å²) < 4.78 is 33.1. The number of alkyl carbamates (subject to hydrolysis) is 1.